The average molecular weight is 341 g/mol. The van der Waals surface area contributed by atoms with E-state index >= 15 is 0 Å². The topological polar surface area (TPSA) is 76.1 Å². The van der Waals surface area contributed by atoms with Gasteiger partial charge in [0.15, 0.2) is 6.04 Å². The first-order chi connectivity index (χ1) is 12.1. The zero-order chi connectivity index (χ0) is 17.8. The van der Waals surface area contributed by atoms with Crippen LogP contribution in [0.5, 0.6) is 5.75 Å². The Labute approximate surface area is 145 Å². The number of carbonyl (C=O) groups is 2. The Kier molecular flexibility index (Phi) is 5.00. The molecule has 0 spiro atoms. The summed E-state index contributed by atoms with van der Waals surface area (Å²) in [6.07, 6.45) is 0. The highest BCUT2D eigenvalue weighted by Crippen LogP contribution is 2.31. The van der Waals surface area contributed by atoms with Gasteiger partial charge in [0.25, 0.3) is 5.91 Å². The number of hydrogen-bond acceptors (Lipinski definition) is 4. The largest absolute Gasteiger partial charge is 0.496 e. The molecule has 0 aliphatic carbocycles. The van der Waals surface area contributed by atoms with Gasteiger partial charge in [-0.05, 0) is 23.8 Å². The maximum atomic E-state index is 12.9. The molecule has 0 unspecified atom stereocenters. The molecule has 2 aromatic carbocycles. The molecular formula is C19H19NO5. The molecule has 1 amide bonds. The number of carboxylic acid groups (broad SMARTS) is 1. The van der Waals surface area contributed by atoms with Gasteiger partial charge in [-0.1, -0.05) is 30.3 Å². The summed E-state index contributed by atoms with van der Waals surface area (Å²) in [6.45, 7) is 0.586. The number of aliphatic carboxylic acids is 1. The smallest absolute Gasteiger partial charge is 0.328 e. The lowest BCUT2D eigenvalue weighted by Gasteiger charge is -2.33. The first-order valence-corrected chi connectivity index (χ1v) is 7.97. The predicted molar refractivity (Wildman–Crippen MR) is 91.7 cm³/mol. The zero-order valence-electron chi connectivity index (χ0n) is 13.8. The predicted octanol–water partition coefficient (Wildman–Crippen LogP) is 2.29. The number of carbonyl (C=O) groups excluding carboxylic acids is 1. The highest BCUT2D eigenvalue weighted by atomic mass is 16.5. The van der Waals surface area contributed by atoms with Crippen molar-refractivity contribution in [3.63, 3.8) is 0 Å². The lowest BCUT2D eigenvalue weighted by Crippen LogP contribution is -2.52. The van der Waals surface area contributed by atoms with Gasteiger partial charge in [0.1, 0.15) is 5.75 Å². The van der Waals surface area contributed by atoms with E-state index in [1.165, 1.54) is 4.90 Å². The number of methoxy groups -OCH3 is 1. The number of hydrogen-bond donors (Lipinski definition) is 1. The second-order valence-corrected chi connectivity index (χ2v) is 5.71. The fourth-order valence-corrected chi connectivity index (χ4v) is 2.90. The summed E-state index contributed by atoms with van der Waals surface area (Å²) in [5, 5.41) is 9.33. The summed E-state index contributed by atoms with van der Waals surface area (Å²) in [4.78, 5) is 25.6. The van der Waals surface area contributed by atoms with E-state index in [0.717, 1.165) is 11.1 Å². The summed E-state index contributed by atoms with van der Waals surface area (Å²) in [7, 11) is 1.58. The van der Waals surface area contributed by atoms with Crippen molar-refractivity contribution in [1.29, 1.82) is 0 Å². The Hall–Kier alpha value is -2.86. The number of morpholine rings is 1. The molecule has 6 nitrogen and oxygen atoms in total. The van der Waals surface area contributed by atoms with Crippen LogP contribution >= 0.6 is 0 Å². The first kappa shape index (κ1) is 17.0. The summed E-state index contributed by atoms with van der Waals surface area (Å²) in [6, 6.07) is 13.7. The standard InChI is InChI=1S/C19H19NO5/c1-24-17-8-7-14(11-15(17)13-5-3-2-4-6-13)18(21)20-9-10-25-12-16(20)19(22)23/h2-8,11,16H,9-10,12H2,1H3,(H,22,23)/t16-/m1/s1. The molecule has 0 aromatic heterocycles. The van der Waals surface area contributed by atoms with Crippen molar-refractivity contribution in [1.82, 2.24) is 4.90 Å². The van der Waals surface area contributed by atoms with Crippen molar-refractivity contribution >= 4 is 11.9 Å². The Morgan fingerprint density at radius 3 is 2.64 bits per heavy atom. The van der Waals surface area contributed by atoms with Crippen LogP contribution in [0.3, 0.4) is 0 Å². The van der Waals surface area contributed by atoms with Crippen LogP contribution in [-0.2, 0) is 9.53 Å². The molecule has 0 bridgehead atoms. The molecule has 1 heterocycles. The van der Waals surface area contributed by atoms with E-state index in [1.54, 1.807) is 25.3 Å². The van der Waals surface area contributed by atoms with Crippen molar-refractivity contribution in [2.24, 2.45) is 0 Å². The Bertz CT molecular complexity index is 775. The highest BCUT2D eigenvalue weighted by molar-refractivity contribution is 5.98. The van der Waals surface area contributed by atoms with E-state index < -0.39 is 12.0 Å². The number of nitrogens with zero attached hydrogens (tertiary/aromatic N) is 1. The summed E-state index contributed by atoms with van der Waals surface area (Å²) in [5.41, 5.74) is 2.13. The Morgan fingerprint density at radius 2 is 1.96 bits per heavy atom. The van der Waals surface area contributed by atoms with E-state index in [-0.39, 0.29) is 19.1 Å². The normalized spacial score (nSPS) is 17.2. The van der Waals surface area contributed by atoms with Crippen molar-refractivity contribution < 1.29 is 24.2 Å². The van der Waals surface area contributed by atoms with Crippen LogP contribution < -0.4 is 4.74 Å². The summed E-state index contributed by atoms with van der Waals surface area (Å²) >= 11 is 0. The molecule has 1 aliphatic rings. The van der Waals surface area contributed by atoms with Crippen molar-refractivity contribution in [2.75, 3.05) is 26.9 Å². The van der Waals surface area contributed by atoms with Crippen LogP contribution in [0.4, 0.5) is 0 Å². The molecule has 130 valence electrons. The third kappa shape index (κ3) is 3.49. The van der Waals surface area contributed by atoms with Crippen LogP contribution in [0.25, 0.3) is 11.1 Å². The molecule has 1 saturated heterocycles. The minimum atomic E-state index is -1.06. The highest BCUT2D eigenvalue weighted by Gasteiger charge is 2.33. The number of ether oxygens (including phenoxy) is 2. The van der Waals surface area contributed by atoms with Gasteiger partial charge in [-0.3, -0.25) is 4.79 Å². The van der Waals surface area contributed by atoms with Gasteiger partial charge < -0.3 is 19.5 Å². The van der Waals surface area contributed by atoms with E-state index in [9.17, 15) is 14.7 Å². The van der Waals surface area contributed by atoms with E-state index in [0.29, 0.717) is 17.9 Å². The van der Waals surface area contributed by atoms with Crippen LogP contribution in [0.1, 0.15) is 10.4 Å². The molecular weight excluding hydrogens is 322 g/mol. The van der Waals surface area contributed by atoms with Crippen LogP contribution in [0.2, 0.25) is 0 Å². The van der Waals surface area contributed by atoms with E-state index in [4.69, 9.17) is 9.47 Å². The molecule has 3 rings (SSSR count). The molecule has 25 heavy (non-hydrogen) atoms. The van der Waals surface area contributed by atoms with Gasteiger partial charge in [-0.15, -0.1) is 0 Å². The van der Waals surface area contributed by atoms with Crippen molar-refractivity contribution in [2.45, 2.75) is 6.04 Å². The number of amides is 1. The number of carboxylic acids is 1. The lowest BCUT2D eigenvalue weighted by molar-refractivity contribution is -0.147. The molecule has 6 heteroatoms. The molecule has 0 saturated carbocycles. The number of rotatable bonds is 4. The van der Waals surface area contributed by atoms with Gasteiger partial charge in [0.2, 0.25) is 0 Å². The van der Waals surface area contributed by atoms with E-state index in [1.807, 2.05) is 30.3 Å². The minimum Gasteiger partial charge on any atom is -0.496 e. The van der Waals surface area contributed by atoms with Gasteiger partial charge >= 0.3 is 5.97 Å². The summed E-state index contributed by atoms with van der Waals surface area (Å²) in [5.74, 6) is -0.736. The van der Waals surface area contributed by atoms with Gasteiger partial charge in [-0.25, -0.2) is 4.79 Å². The molecule has 1 N–H and O–H groups in total. The minimum absolute atomic E-state index is 0.00275. The lowest BCUT2D eigenvalue weighted by atomic mass is 10.0. The summed E-state index contributed by atoms with van der Waals surface area (Å²) < 4.78 is 10.6. The van der Waals surface area contributed by atoms with Crippen molar-refractivity contribution in [3.05, 3.63) is 54.1 Å². The van der Waals surface area contributed by atoms with Crippen LogP contribution in [0.15, 0.2) is 48.5 Å². The molecule has 1 fully saturated rings. The molecule has 2 aromatic rings. The monoisotopic (exact) mass is 341 g/mol. The van der Waals surface area contributed by atoms with Gasteiger partial charge in [0, 0.05) is 17.7 Å². The molecule has 1 aliphatic heterocycles. The third-order valence-electron chi connectivity index (χ3n) is 4.21. The zero-order valence-corrected chi connectivity index (χ0v) is 13.8. The van der Waals surface area contributed by atoms with Gasteiger partial charge in [0.05, 0.1) is 20.3 Å². The quantitative estimate of drug-likeness (QED) is 0.923. The third-order valence-corrected chi connectivity index (χ3v) is 4.21. The van der Waals surface area contributed by atoms with E-state index in [2.05, 4.69) is 0 Å². The van der Waals surface area contributed by atoms with Crippen molar-refractivity contribution in [3.8, 4) is 16.9 Å². The SMILES string of the molecule is COc1ccc(C(=O)N2CCOC[C@@H]2C(=O)O)cc1-c1ccccc1. The second kappa shape index (κ2) is 7.36. The average Bonchev–Trinajstić information content (AvgIpc) is 2.67. The fourth-order valence-electron chi connectivity index (χ4n) is 2.90. The molecule has 0 radical (unpaired) electrons. The fraction of sp³-hybridized carbons (Fsp3) is 0.263. The molecule has 1 atom stereocenters. The Balaban J connectivity index is 1.97. The first-order valence-electron chi connectivity index (χ1n) is 7.97. The van der Waals surface area contributed by atoms with Crippen LogP contribution in [0, 0.1) is 0 Å². The van der Waals surface area contributed by atoms with Gasteiger partial charge in [-0.2, -0.15) is 0 Å². The Morgan fingerprint density at radius 1 is 1.20 bits per heavy atom. The maximum Gasteiger partial charge on any atom is 0.328 e. The maximum absolute atomic E-state index is 12.9. The number of benzene rings is 2. The van der Waals surface area contributed by atoms with Crippen LogP contribution in [-0.4, -0.2) is 54.8 Å². The second-order valence-electron chi connectivity index (χ2n) is 5.71.